The Hall–Kier alpha value is -2.31. The van der Waals surface area contributed by atoms with Gasteiger partial charge >= 0.3 is 0 Å². The summed E-state index contributed by atoms with van der Waals surface area (Å²) in [5, 5.41) is 1.01. The van der Waals surface area contributed by atoms with Crippen LogP contribution in [-0.2, 0) is 4.79 Å². The third kappa shape index (κ3) is 3.44. The second-order valence-electron chi connectivity index (χ2n) is 4.97. The van der Waals surface area contributed by atoms with Gasteiger partial charge in [-0.25, -0.2) is 4.99 Å². The summed E-state index contributed by atoms with van der Waals surface area (Å²) >= 11 is 7.38. The van der Waals surface area contributed by atoms with Crippen molar-refractivity contribution >= 4 is 46.2 Å². The number of hydrogen-bond acceptors (Lipinski definition) is 5. The molecule has 1 amide bonds. The molecule has 122 valence electrons. The number of halogens is 1. The van der Waals surface area contributed by atoms with E-state index in [1.165, 1.54) is 22.9 Å². The van der Waals surface area contributed by atoms with Crippen molar-refractivity contribution in [3.05, 3.63) is 58.2 Å². The summed E-state index contributed by atoms with van der Waals surface area (Å²) in [6.07, 6.45) is 4.96. The van der Waals surface area contributed by atoms with Gasteiger partial charge in [-0.3, -0.25) is 14.7 Å². The fraction of sp³-hybridized carbons (Fsp3) is 0.118. The number of carbonyl (C=O) groups is 1. The summed E-state index contributed by atoms with van der Waals surface area (Å²) in [6.45, 7) is 0. The number of aliphatic imine (C=N–C) groups is 1. The summed E-state index contributed by atoms with van der Waals surface area (Å²) < 4.78 is 5.20. The molecule has 1 aliphatic rings. The third-order valence-corrected chi connectivity index (χ3v) is 4.71. The number of likely N-dealkylation sites (N-methyl/N-ethyl adjacent to an activating group) is 1. The van der Waals surface area contributed by atoms with Gasteiger partial charge in [0.25, 0.3) is 5.91 Å². The van der Waals surface area contributed by atoms with Crippen molar-refractivity contribution in [2.75, 3.05) is 14.2 Å². The highest BCUT2D eigenvalue weighted by Crippen LogP contribution is 2.34. The molecule has 7 heteroatoms. The van der Waals surface area contributed by atoms with Crippen molar-refractivity contribution in [3.8, 4) is 5.75 Å². The average Bonchev–Trinajstić information content (AvgIpc) is 2.85. The zero-order valence-electron chi connectivity index (χ0n) is 13.1. The fourth-order valence-corrected chi connectivity index (χ4v) is 3.24. The van der Waals surface area contributed by atoms with E-state index in [4.69, 9.17) is 16.3 Å². The number of ether oxygens (including phenoxy) is 1. The van der Waals surface area contributed by atoms with Crippen LogP contribution in [0.15, 0.2) is 52.6 Å². The Bertz CT molecular complexity index is 851. The maximum Gasteiger partial charge on any atom is 0.266 e. The van der Waals surface area contributed by atoms with Crippen LogP contribution in [0.3, 0.4) is 0 Å². The number of nitrogens with zero attached hydrogens (tertiary/aromatic N) is 3. The molecule has 1 aromatic carbocycles. The molecule has 0 N–H and O–H groups in total. The molecular formula is C17H14ClN3O2S. The predicted octanol–water partition coefficient (Wildman–Crippen LogP) is 3.98. The Morgan fingerprint density at radius 1 is 1.38 bits per heavy atom. The van der Waals surface area contributed by atoms with Crippen molar-refractivity contribution in [2.24, 2.45) is 4.99 Å². The number of pyridine rings is 1. The van der Waals surface area contributed by atoms with E-state index in [2.05, 4.69) is 9.98 Å². The van der Waals surface area contributed by atoms with Crippen LogP contribution in [0, 0.1) is 0 Å². The van der Waals surface area contributed by atoms with Gasteiger partial charge < -0.3 is 4.74 Å². The lowest BCUT2D eigenvalue weighted by Crippen LogP contribution is -2.23. The van der Waals surface area contributed by atoms with Crippen molar-refractivity contribution < 1.29 is 9.53 Å². The average molecular weight is 360 g/mol. The number of aromatic nitrogens is 1. The van der Waals surface area contributed by atoms with Crippen molar-refractivity contribution in [1.29, 1.82) is 0 Å². The van der Waals surface area contributed by atoms with Crippen LogP contribution < -0.4 is 4.74 Å². The number of amides is 1. The van der Waals surface area contributed by atoms with Crippen molar-refractivity contribution in [1.82, 2.24) is 9.88 Å². The highest BCUT2D eigenvalue weighted by molar-refractivity contribution is 8.18. The molecule has 1 saturated heterocycles. The first-order valence-electron chi connectivity index (χ1n) is 7.08. The van der Waals surface area contributed by atoms with Gasteiger partial charge in [-0.15, -0.1) is 0 Å². The van der Waals surface area contributed by atoms with Gasteiger partial charge in [-0.1, -0.05) is 23.7 Å². The molecular weight excluding hydrogens is 346 g/mol. The standard InChI is InChI=1S/C17H14ClN3O2S/c1-21-16(22)15(9-11-4-3-5-12(8-11)23-2)24-17(21)20-14-6-7-19-10-13(14)18/h3-10H,1-2H3/b15-9-,20-17?. The zero-order chi connectivity index (χ0) is 17.1. The molecule has 1 aliphatic heterocycles. The number of amidine groups is 1. The van der Waals surface area contributed by atoms with Crippen LogP contribution in [0.1, 0.15) is 5.56 Å². The molecule has 1 fully saturated rings. The topological polar surface area (TPSA) is 54.8 Å². The van der Waals surface area contributed by atoms with Crippen LogP contribution >= 0.6 is 23.4 Å². The van der Waals surface area contributed by atoms with Gasteiger partial charge in [-0.2, -0.15) is 0 Å². The highest BCUT2D eigenvalue weighted by atomic mass is 35.5. The molecule has 0 bridgehead atoms. The van der Waals surface area contributed by atoms with Gasteiger partial charge in [-0.05, 0) is 41.6 Å². The first-order valence-corrected chi connectivity index (χ1v) is 8.28. The van der Waals surface area contributed by atoms with Crippen LogP contribution in [0.25, 0.3) is 6.08 Å². The van der Waals surface area contributed by atoms with Gasteiger partial charge in [0.2, 0.25) is 0 Å². The number of rotatable bonds is 3. The van der Waals surface area contributed by atoms with E-state index < -0.39 is 0 Å². The maximum atomic E-state index is 12.4. The number of carbonyl (C=O) groups excluding carboxylic acids is 1. The van der Waals surface area contributed by atoms with Crippen LogP contribution in [0.5, 0.6) is 5.75 Å². The summed E-state index contributed by atoms with van der Waals surface area (Å²) in [4.78, 5) is 22.9. The summed E-state index contributed by atoms with van der Waals surface area (Å²) in [6, 6.07) is 9.23. The monoisotopic (exact) mass is 359 g/mol. The molecule has 0 unspecified atom stereocenters. The lowest BCUT2D eigenvalue weighted by molar-refractivity contribution is -0.121. The first-order chi connectivity index (χ1) is 11.6. The van der Waals surface area contributed by atoms with Crippen LogP contribution in [-0.4, -0.2) is 35.1 Å². The molecule has 0 saturated carbocycles. The first kappa shape index (κ1) is 16.5. The Kier molecular flexibility index (Phi) is 4.87. The van der Waals surface area contributed by atoms with Crippen LogP contribution in [0.2, 0.25) is 5.02 Å². The Morgan fingerprint density at radius 2 is 2.21 bits per heavy atom. The summed E-state index contributed by atoms with van der Waals surface area (Å²) in [7, 11) is 3.30. The van der Waals surface area contributed by atoms with Gasteiger partial charge in [0.15, 0.2) is 5.17 Å². The van der Waals surface area contributed by atoms with E-state index >= 15 is 0 Å². The van der Waals surface area contributed by atoms with Crippen molar-refractivity contribution in [2.45, 2.75) is 0 Å². The third-order valence-electron chi connectivity index (χ3n) is 3.36. The Balaban J connectivity index is 1.91. The SMILES string of the molecule is COc1cccc(/C=C2\SC(=Nc3ccncc3Cl)N(C)C2=O)c1. The largest absolute Gasteiger partial charge is 0.497 e. The molecule has 0 radical (unpaired) electrons. The second kappa shape index (κ2) is 7.07. The minimum absolute atomic E-state index is 0.105. The molecule has 1 aromatic heterocycles. The fourth-order valence-electron chi connectivity index (χ4n) is 2.10. The molecule has 0 spiro atoms. The molecule has 5 nitrogen and oxygen atoms in total. The number of hydrogen-bond donors (Lipinski definition) is 0. The molecule has 3 rings (SSSR count). The Morgan fingerprint density at radius 3 is 2.96 bits per heavy atom. The number of methoxy groups -OCH3 is 1. The lowest BCUT2D eigenvalue weighted by Gasteiger charge is -2.07. The minimum atomic E-state index is -0.105. The minimum Gasteiger partial charge on any atom is -0.497 e. The van der Waals surface area contributed by atoms with Crippen molar-refractivity contribution in [3.63, 3.8) is 0 Å². The smallest absolute Gasteiger partial charge is 0.266 e. The van der Waals surface area contributed by atoms with E-state index in [0.29, 0.717) is 20.8 Å². The van der Waals surface area contributed by atoms with Crippen LogP contribution in [0.4, 0.5) is 5.69 Å². The van der Waals surface area contributed by atoms with E-state index in [1.807, 2.05) is 30.3 Å². The zero-order valence-corrected chi connectivity index (χ0v) is 14.6. The molecule has 2 heterocycles. The molecule has 0 atom stereocenters. The Labute approximate surface area is 149 Å². The maximum absolute atomic E-state index is 12.4. The normalized spacial score (nSPS) is 17.8. The molecule has 2 aromatic rings. The van der Waals surface area contributed by atoms with Gasteiger partial charge in [0, 0.05) is 19.4 Å². The molecule has 0 aliphatic carbocycles. The van der Waals surface area contributed by atoms with Gasteiger partial charge in [0.1, 0.15) is 5.75 Å². The highest BCUT2D eigenvalue weighted by Gasteiger charge is 2.30. The number of thioether (sulfide) groups is 1. The number of benzene rings is 1. The molecule has 24 heavy (non-hydrogen) atoms. The van der Waals surface area contributed by atoms with E-state index in [9.17, 15) is 4.79 Å². The van der Waals surface area contributed by atoms with E-state index in [-0.39, 0.29) is 5.91 Å². The summed E-state index contributed by atoms with van der Waals surface area (Å²) in [5.74, 6) is 0.636. The quantitative estimate of drug-likeness (QED) is 0.778. The summed E-state index contributed by atoms with van der Waals surface area (Å²) in [5.41, 5.74) is 1.47. The van der Waals surface area contributed by atoms with E-state index in [0.717, 1.165) is 11.3 Å². The van der Waals surface area contributed by atoms with E-state index in [1.54, 1.807) is 26.4 Å². The van der Waals surface area contributed by atoms with Gasteiger partial charge in [0.05, 0.1) is 22.7 Å². The second-order valence-corrected chi connectivity index (χ2v) is 6.39. The predicted molar refractivity (Wildman–Crippen MR) is 97.7 cm³/mol. The lowest BCUT2D eigenvalue weighted by atomic mass is 10.2.